The van der Waals surface area contributed by atoms with Crippen molar-refractivity contribution >= 4 is 26.8 Å². The number of aliphatic hydroxyl groups excluding tert-OH is 1. The van der Waals surface area contributed by atoms with Crippen LogP contribution in [0.4, 0.5) is 4.79 Å². The summed E-state index contributed by atoms with van der Waals surface area (Å²) in [4.78, 5) is 29.5. The number of halogens is 1. The number of hydrogen-bond acceptors (Lipinski definition) is 9. The van der Waals surface area contributed by atoms with Gasteiger partial charge in [0.25, 0.3) is 0 Å². The van der Waals surface area contributed by atoms with Gasteiger partial charge in [-0.05, 0) is 111 Å². The molecule has 0 bridgehead atoms. The van der Waals surface area contributed by atoms with Crippen LogP contribution in [0, 0.1) is 0 Å². The number of amides is 1. The van der Waals surface area contributed by atoms with E-state index in [1.165, 1.54) is 28.6 Å². The van der Waals surface area contributed by atoms with Gasteiger partial charge in [0.15, 0.2) is 8.32 Å². The van der Waals surface area contributed by atoms with Gasteiger partial charge >= 0.3 is 6.09 Å². The molecule has 0 radical (unpaired) electrons. The Balaban J connectivity index is 0.000000265. The van der Waals surface area contributed by atoms with E-state index in [1.54, 1.807) is 6.33 Å². The summed E-state index contributed by atoms with van der Waals surface area (Å²) in [6.45, 7) is 17.3. The number of nitrogens with one attached hydrogen (secondary N) is 1. The number of rotatable bonds is 7. The first kappa shape index (κ1) is 42.0. The van der Waals surface area contributed by atoms with Gasteiger partial charge in [0.2, 0.25) is 0 Å². The predicted molar refractivity (Wildman–Crippen MR) is 215 cm³/mol. The molecule has 1 amide bonds. The van der Waals surface area contributed by atoms with Crippen LogP contribution in [0.15, 0.2) is 73.8 Å². The molecule has 0 aliphatic heterocycles. The molecule has 6 rings (SSSR count). The van der Waals surface area contributed by atoms with Crippen molar-refractivity contribution in [2.24, 2.45) is 5.73 Å². The van der Waals surface area contributed by atoms with Gasteiger partial charge in [0.1, 0.15) is 18.3 Å². The fourth-order valence-electron chi connectivity index (χ4n) is 6.65. The van der Waals surface area contributed by atoms with Crippen LogP contribution in [0.2, 0.25) is 18.1 Å². The van der Waals surface area contributed by atoms with E-state index >= 15 is 0 Å². The van der Waals surface area contributed by atoms with Crippen molar-refractivity contribution in [1.82, 2.24) is 25.3 Å². The Labute approximate surface area is 322 Å². The Hall–Kier alpha value is -3.74. The lowest BCUT2D eigenvalue weighted by Crippen LogP contribution is -2.58. The van der Waals surface area contributed by atoms with E-state index in [0.717, 1.165) is 47.9 Å². The molecular weight excluding hydrogens is 704 g/mol. The number of hydrogen-bond donors (Lipinski definition) is 3. The average Bonchev–Trinajstić information content (AvgIpc) is 3.10. The van der Waals surface area contributed by atoms with Crippen LogP contribution in [0.1, 0.15) is 76.6 Å². The molecule has 2 aliphatic carbocycles. The van der Waals surface area contributed by atoms with Crippen LogP contribution in [0.5, 0.6) is 0 Å². The van der Waals surface area contributed by atoms with E-state index in [4.69, 9.17) is 14.9 Å². The third-order valence-electron chi connectivity index (χ3n) is 10.7. The highest BCUT2D eigenvalue weighted by atomic mass is 35.5. The number of aliphatic hydroxyl groups is 1. The topological polar surface area (TPSA) is 145 Å². The molecule has 2 heterocycles. The monoisotopic (exact) mass is 760 g/mol. The maximum atomic E-state index is 12.9. The molecule has 0 spiro atoms. The number of ether oxygens (including phenoxy) is 1. The molecule has 4 N–H and O–H groups in total. The van der Waals surface area contributed by atoms with Crippen molar-refractivity contribution < 1.29 is 19.1 Å². The molecule has 53 heavy (non-hydrogen) atoms. The lowest BCUT2D eigenvalue weighted by Gasteiger charge is -2.44. The van der Waals surface area contributed by atoms with Gasteiger partial charge in [0, 0.05) is 41.5 Å². The van der Waals surface area contributed by atoms with Crippen LogP contribution in [-0.2, 0) is 34.8 Å². The van der Waals surface area contributed by atoms with E-state index in [-0.39, 0.29) is 24.1 Å². The first-order valence-corrected chi connectivity index (χ1v) is 21.1. The zero-order valence-corrected chi connectivity index (χ0v) is 34.3. The van der Waals surface area contributed by atoms with E-state index in [0.29, 0.717) is 19.4 Å². The highest BCUT2D eigenvalue weighted by molar-refractivity contribution is 6.74. The Kier molecular flexibility index (Phi) is 13.3. The Morgan fingerprint density at radius 2 is 1.32 bits per heavy atom. The average molecular weight is 761 g/mol. The number of carbonyl (C=O) groups is 1. The molecule has 4 aromatic rings. The molecule has 2 unspecified atom stereocenters. The highest BCUT2D eigenvalue weighted by Gasteiger charge is 2.43. The number of aromatic nitrogens is 4. The van der Waals surface area contributed by atoms with E-state index < -0.39 is 31.1 Å². The molecule has 2 aromatic heterocycles. The van der Waals surface area contributed by atoms with Crippen molar-refractivity contribution in [3.63, 3.8) is 0 Å². The van der Waals surface area contributed by atoms with Gasteiger partial charge in [-0.1, -0.05) is 57.2 Å². The highest BCUT2D eigenvalue weighted by Crippen LogP contribution is 2.40. The minimum Gasteiger partial charge on any atom is -0.444 e. The van der Waals surface area contributed by atoms with Gasteiger partial charge in [-0.15, -0.1) is 12.4 Å². The molecule has 10 nitrogen and oxygen atoms in total. The Morgan fingerprint density at radius 1 is 0.830 bits per heavy atom. The molecule has 2 atom stereocenters. The van der Waals surface area contributed by atoms with Crippen LogP contribution < -0.4 is 11.1 Å². The number of nitrogens with two attached hydrogens (primary N) is 1. The number of alkyl carbamates (subject to hydrolysis) is 1. The van der Waals surface area contributed by atoms with E-state index in [9.17, 15) is 9.90 Å². The molecule has 2 aliphatic rings. The summed E-state index contributed by atoms with van der Waals surface area (Å²) in [5.41, 5.74) is 13.9. The van der Waals surface area contributed by atoms with Crippen molar-refractivity contribution in [1.29, 1.82) is 0 Å². The number of fused-ring (bicyclic) bond motifs is 2. The third-order valence-corrected chi connectivity index (χ3v) is 15.2. The number of carbonyl (C=O) groups excluding carboxylic acids is 1. The second-order valence-electron chi connectivity index (χ2n) is 17.0. The van der Waals surface area contributed by atoms with Crippen molar-refractivity contribution in [3.05, 3.63) is 96.1 Å². The first-order valence-electron chi connectivity index (χ1n) is 18.2. The van der Waals surface area contributed by atoms with Crippen molar-refractivity contribution in [3.8, 4) is 22.3 Å². The second kappa shape index (κ2) is 16.7. The normalized spacial score (nSPS) is 19.7. The summed E-state index contributed by atoms with van der Waals surface area (Å²) in [7, 11) is -2.01. The predicted octanol–water partition coefficient (Wildman–Crippen LogP) is 7.66. The molecule has 2 aromatic carbocycles. The molecule has 12 heteroatoms. The Bertz CT molecular complexity index is 1830. The van der Waals surface area contributed by atoms with Crippen LogP contribution in [-0.4, -0.2) is 69.3 Å². The van der Waals surface area contributed by atoms with Crippen molar-refractivity contribution in [2.75, 3.05) is 13.2 Å². The van der Waals surface area contributed by atoms with Gasteiger partial charge in [0.05, 0.1) is 18.8 Å². The van der Waals surface area contributed by atoms with Gasteiger partial charge < -0.3 is 25.3 Å². The Morgan fingerprint density at radius 3 is 1.79 bits per heavy atom. The second-order valence-corrected chi connectivity index (χ2v) is 21.8. The maximum absolute atomic E-state index is 12.9. The summed E-state index contributed by atoms with van der Waals surface area (Å²) in [6.07, 6.45) is 14.7. The summed E-state index contributed by atoms with van der Waals surface area (Å²) in [5, 5.41) is 12.8. The fraction of sp³-hybridized carbons (Fsp3) is 0.488. The van der Waals surface area contributed by atoms with E-state index in [1.807, 2.05) is 45.6 Å². The summed E-state index contributed by atoms with van der Waals surface area (Å²) >= 11 is 0. The van der Waals surface area contributed by atoms with E-state index in [2.05, 4.69) is 95.5 Å². The number of benzene rings is 2. The zero-order valence-electron chi connectivity index (χ0n) is 32.5. The number of aryl methyl sites for hydroxylation is 2. The maximum Gasteiger partial charge on any atom is 0.408 e. The quantitative estimate of drug-likeness (QED) is 0.162. The number of nitrogens with zero attached hydrogens (tertiary/aromatic N) is 4. The van der Waals surface area contributed by atoms with Crippen LogP contribution in [0.25, 0.3) is 22.3 Å². The fourth-order valence-corrected chi connectivity index (χ4v) is 7.72. The molecule has 0 saturated carbocycles. The van der Waals surface area contributed by atoms with Crippen molar-refractivity contribution in [2.45, 2.75) is 115 Å². The molecule has 286 valence electrons. The standard InChI is InChI=1S/C26H39N3O3Si.C15H17N3O.ClH/c1-24(2,3)32-23(30)29-26(17-31-33(7,8)25(4,5)6)13-12-19-10-9-11-21(22(19)14-26)20-15-27-18-28-16-20;16-15(9-19)5-4-11-2-1-3-13(14(11)6-15)12-7-17-10-18-8-12;/h9-11,15-16,18H,12-14,17H2,1-8H3,(H,29,30);1-3,7-8,10,19H,4-6,9,16H2;1H. The summed E-state index contributed by atoms with van der Waals surface area (Å²) in [6, 6.07) is 12.6. The first-order chi connectivity index (χ1) is 24.4. The molecular formula is C41H57ClN6O4Si. The third kappa shape index (κ3) is 10.5. The lowest BCUT2D eigenvalue weighted by atomic mass is 9.76. The minimum atomic E-state index is -2.01. The largest absolute Gasteiger partial charge is 0.444 e. The lowest BCUT2D eigenvalue weighted by molar-refractivity contribution is 0.0386. The van der Waals surface area contributed by atoms with Gasteiger partial charge in [-0.3, -0.25) is 0 Å². The van der Waals surface area contributed by atoms with Crippen LogP contribution >= 0.6 is 12.4 Å². The van der Waals surface area contributed by atoms with Gasteiger partial charge in [-0.2, -0.15) is 0 Å². The molecule has 0 fully saturated rings. The van der Waals surface area contributed by atoms with Crippen LogP contribution in [0.3, 0.4) is 0 Å². The smallest absolute Gasteiger partial charge is 0.408 e. The zero-order chi connectivity index (χ0) is 37.8. The van der Waals surface area contributed by atoms with Gasteiger partial charge in [-0.25, -0.2) is 24.7 Å². The summed E-state index contributed by atoms with van der Waals surface area (Å²) < 4.78 is 12.3. The minimum absolute atomic E-state index is 0. The molecule has 0 saturated heterocycles. The summed E-state index contributed by atoms with van der Waals surface area (Å²) in [5.74, 6) is 0. The SMILES string of the molecule is CC(C)(C)OC(=O)NC1(CO[Si](C)(C)C(C)(C)C)CCc2cccc(-c3cncnc3)c2C1.Cl.NC1(CO)CCc2cccc(-c3cncnc3)c2C1.